The van der Waals surface area contributed by atoms with E-state index in [1.165, 1.54) is 5.56 Å². The maximum atomic E-state index is 9.38. The van der Waals surface area contributed by atoms with E-state index in [0.29, 0.717) is 6.04 Å². The summed E-state index contributed by atoms with van der Waals surface area (Å²) in [7, 11) is 4.05. The molecule has 0 amide bonds. The van der Waals surface area contributed by atoms with Gasteiger partial charge in [0.25, 0.3) is 0 Å². The van der Waals surface area contributed by atoms with Crippen molar-refractivity contribution in [2.24, 2.45) is 0 Å². The van der Waals surface area contributed by atoms with Gasteiger partial charge in [-0.3, -0.25) is 4.90 Å². The van der Waals surface area contributed by atoms with Crippen LogP contribution in [0.5, 0.6) is 0 Å². The molecular weight excluding hydrogens is 304 g/mol. The molecule has 0 saturated carbocycles. The maximum Gasteiger partial charge on any atom is 0.0609 e. The van der Waals surface area contributed by atoms with Gasteiger partial charge in [0.05, 0.1) is 6.61 Å². The van der Waals surface area contributed by atoms with Gasteiger partial charge in [-0.1, -0.05) is 34.1 Å². The molecule has 0 saturated heterocycles. The van der Waals surface area contributed by atoms with Gasteiger partial charge < -0.3 is 10.4 Å². The largest absolute Gasteiger partial charge is 0.394 e. The molecule has 0 aliphatic rings. The van der Waals surface area contributed by atoms with Crippen LogP contribution in [0, 0.1) is 0 Å². The molecule has 19 heavy (non-hydrogen) atoms. The van der Waals surface area contributed by atoms with Crippen LogP contribution in [-0.4, -0.2) is 42.8 Å². The third-order valence-electron chi connectivity index (χ3n) is 3.80. The molecule has 3 nitrogen and oxygen atoms in total. The summed E-state index contributed by atoms with van der Waals surface area (Å²) in [6.07, 6.45) is 0.999. The second-order valence-corrected chi connectivity index (χ2v) is 6.40. The minimum absolute atomic E-state index is 0.169. The molecule has 4 heteroatoms. The fourth-order valence-corrected chi connectivity index (χ4v) is 2.52. The van der Waals surface area contributed by atoms with Crippen molar-refractivity contribution in [3.05, 3.63) is 34.3 Å². The molecule has 1 rings (SSSR count). The number of halogens is 1. The number of likely N-dealkylation sites (N-methyl/N-ethyl adjacent to an activating group) is 1. The van der Waals surface area contributed by atoms with Crippen molar-refractivity contribution in [2.75, 3.05) is 27.2 Å². The lowest BCUT2D eigenvalue weighted by Crippen LogP contribution is -2.45. The van der Waals surface area contributed by atoms with Crippen molar-refractivity contribution in [3.63, 3.8) is 0 Å². The number of hydrogen-bond donors (Lipinski definition) is 2. The van der Waals surface area contributed by atoms with Crippen LogP contribution in [0.15, 0.2) is 28.7 Å². The summed E-state index contributed by atoms with van der Waals surface area (Å²) >= 11 is 3.60. The normalized spacial score (nSPS) is 13.8. The fourth-order valence-electron chi connectivity index (χ4n) is 1.96. The van der Waals surface area contributed by atoms with Gasteiger partial charge in [0.15, 0.2) is 0 Å². The molecule has 0 radical (unpaired) electrons. The number of nitrogens with zero attached hydrogens (tertiary/aromatic N) is 1. The molecule has 1 aromatic carbocycles. The van der Waals surface area contributed by atoms with Crippen LogP contribution in [0.2, 0.25) is 0 Å². The van der Waals surface area contributed by atoms with Crippen LogP contribution in [0.3, 0.4) is 0 Å². The molecule has 1 atom stereocenters. The molecule has 0 fully saturated rings. The average molecular weight is 329 g/mol. The third kappa shape index (κ3) is 4.56. The second kappa shape index (κ2) is 7.39. The summed E-state index contributed by atoms with van der Waals surface area (Å²) in [6.45, 7) is 5.21. The Morgan fingerprint density at radius 3 is 2.53 bits per heavy atom. The van der Waals surface area contributed by atoms with Crippen LogP contribution in [0.25, 0.3) is 0 Å². The first-order valence-corrected chi connectivity index (χ1v) is 7.45. The van der Waals surface area contributed by atoms with Crippen molar-refractivity contribution >= 4 is 15.9 Å². The Labute approximate surface area is 125 Å². The Kier molecular flexibility index (Phi) is 6.47. The highest BCUT2D eigenvalue weighted by Crippen LogP contribution is 2.26. The Morgan fingerprint density at radius 1 is 1.37 bits per heavy atom. The highest BCUT2D eigenvalue weighted by atomic mass is 79.9. The standard InChI is InChI=1S/C15H25BrN2O/c1-15(2,11-19)18(4)10-9-14(17-3)12-7-5-6-8-13(12)16/h5-8,14,17,19H,9-11H2,1-4H3. The summed E-state index contributed by atoms with van der Waals surface area (Å²) in [4.78, 5) is 2.20. The first kappa shape index (κ1) is 16.6. The van der Waals surface area contributed by atoms with E-state index in [2.05, 4.69) is 65.2 Å². The zero-order valence-electron chi connectivity index (χ0n) is 12.3. The van der Waals surface area contributed by atoms with E-state index in [9.17, 15) is 5.11 Å². The van der Waals surface area contributed by atoms with Crippen molar-refractivity contribution in [1.29, 1.82) is 0 Å². The van der Waals surface area contributed by atoms with E-state index in [4.69, 9.17) is 0 Å². The van der Waals surface area contributed by atoms with Crippen LogP contribution in [-0.2, 0) is 0 Å². The molecule has 108 valence electrons. The van der Waals surface area contributed by atoms with Crippen LogP contribution < -0.4 is 5.32 Å². The van der Waals surface area contributed by atoms with E-state index >= 15 is 0 Å². The van der Waals surface area contributed by atoms with Crippen molar-refractivity contribution in [3.8, 4) is 0 Å². The molecule has 1 unspecified atom stereocenters. The molecule has 0 bridgehead atoms. The van der Waals surface area contributed by atoms with Crippen molar-refractivity contribution in [2.45, 2.75) is 31.8 Å². The number of aliphatic hydroxyl groups excluding tert-OH is 1. The molecule has 0 aromatic heterocycles. The summed E-state index contributed by atoms with van der Waals surface area (Å²) in [5.41, 5.74) is 1.10. The van der Waals surface area contributed by atoms with Crippen LogP contribution >= 0.6 is 15.9 Å². The number of nitrogens with one attached hydrogen (secondary N) is 1. The van der Waals surface area contributed by atoms with Gasteiger partial charge in [0.2, 0.25) is 0 Å². The predicted molar refractivity (Wildman–Crippen MR) is 84.4 cm³/mol. The van der Waals surface area contributed by atoms with Crippen molar-refractivity contribution < 1.29 is 5.11 Å². The smallest absolute Gasteiger partial charge is 0.0609 e. The lowest BCUT2D eigenvalue weighted by atomic mass is 10.0. The van der Waals surface area contributed by atoms with Crippen molar-refractivity contribution in [1.82, 2.24) is 10.2 Å². The Hall–Kier alpha value is -0.420. The summed E-state index contributed by atoms with van der Waals surface area (Å²) in [6, 6.07) is 8.61. The second-order valence-electron chi connectivity index (χ2n) is 5.54. The van der Waals surface area contributed by atoms with Gasteiger partial charge in [-0.15, -0.1) is 0 Å². The van der Waals surface area contributed by atoms with Gasteiger partial charge in [-0.05, 0) is 46.0 Å². The lowest BCUT2D eigenvalue weighted by molar-refractivity contribution is 0.0759. The summed E-state index contributed by atoms with van der Waals surface area (Å²) in [5, 5.41) is 12.7. The van der Waals surface area contributed by atoms with Gasteiger partial charge in [-0.25, -0.2) is 0 Å². The van der Waals surface area contributed by atoms with Crippen LogP contribution in [0.4, 0.5) is 0 Å². The summed E-state index contributed by atoms with van der Waals surface area (Å²) < 4.78 is 1.14. The van der Waals surface area contributed by atoms with Gasteiger partial charge in [0, 0.05) is 22.6 Å². The van der Waals surface area contributed by atoms with Gasteiger partial charge in [0.1, 0.15) is 0 Å². The average Bonchev–Trinajstić information content (AvgIpc) is 2.40. The molecule has 1 aromatic rings. The SMILES string of the molecule is CNC(CCN(C)C(C)(C)CO)c1ccccc1Br. The van der Waals surface area contributed by atoms with Crippen LogP contribution in [0.1, 0.15) is 31.9 Å². The monoisotopic (exact) mass is 328 g/mol. The predicted octanol–water partition coefficient (Wildman–Crippen LogP) is 2.80. The Bertz CT molecular complexity index is 395. The molecule has 0 aliphatic heterocycles. The maximum absolute atomic E-state index is 9.38. The number of rotatable bonds is 7. The van der Waals surface area contributed by atoms with E-state index in [1.807, 2.05) is 13.1 Å². The Balaban J connectivity index is 2.67. The molecule has 0 heterocycles. The zero-order valence-corrected chi connectivity index (χ0v) is 13.9. The first-order chi connectivity index (χ1) is 8.92. The van der Waals surface area contributed by atoms with E-state index in [0.717, 1.165) is 17.4 Å². The van der Waals surface area contributed by atoms with Gasteiger partial charge >= 0.3 is 0 Å². The van der Waals surface area contributed by atoms with Gasteiger partial charge in [-0.2, -0.15) is 0 Å². The summed E-state index contributed by atoms with van der Waals surface area (Å²) in [5.74, 6) is 0. The molecule has 0 aliphatic carbocycles. The minimum Gasteiger partial charge on any atom is -0.394 e. The third-order valence-corrected chi connectivity index (χ3v) is 4.52. The lowest BCUT2D eigenvalue weighted by Gasteiger charge is -2.35. The Morgan fingerprint density at radius 2 is 2.00 bits per heavy atom. The number of hydrogen-bond acceptors (Lipinski definition) is 3. The number of aliphatic hydroxyl groups is 1. The van der Waals surface area contributed by atoms with E-state index in [1.54, 1.807) is 0 Å². The highest BCUT2D eigenvalue weighted by molar-refractivity contribution is 9.10. The molecule has 0 spiro atoms. The zero-order chi connectivity index (χ0) is 14.5. The minimum atomic E-state index is -0.174. The molecular formula is C15H25BrN2O. The quantitative estimate of drug-likeness (QED) is 0.807. The fraction of sp³-hybridized carbons (Fsp3) is 0.600. The molecule has 2 N–H and O–H groups in total. The highest BCUT2D eigenvalue weighted by Gasteiger charge is 2.23. The van der Waals surface area contributed by atoms with E-state index < -0.39 is 0 Å². The van der Waals surface area contributed by atoms with E-state index in [-0.39, 0.29) is 12.1 Å². The number of benzene rings is 1. The first-order valence-electron chi connectivity index (χ1n) is 6.66. The topological polar surface area (TPSA) is 35.5 Å².